The van der Waals surface area contributed by atoms with Crippen molar-refractivity contribution < 1.29 is 9.53 Å². The fourth-order valence-electron chi connectivity index (χ4n) is 4.67. The molecule has 7 nitrogen and oxygen atoms in total. The van der Waals surface area contributed by atoms with Gasteiger partial charge in [0.25, 0.3) is 0 Å². The second-order valence-corrected chi connectivity index (χ2v) is 8.12. The van der Waals surface area contributed by atoms with E-state index in [-0.39, 0.29) is 30.2 Å². The molecule has 0 radical (unpaired) electrons. The zero-order valence-corrected chi connectivity index (χ0v) is 14.8. The summed E-state index contributed by atoms with van der Waals surface area (Å²) in [7, 11) is 0. The van der Waals surface area contributed by atoms with Gasteiger partial charge in [0.05, 0.1) is 18.1 Å². The topological polar surface area (TPSA) is 77.7 Å². The molecule has 4 fully saturated rings. The second kappa shape index (κ2) is 6.88. The monoisotopic (exact) mass is 337 g/mol. The Morgan fingerprint density at radius 3 is 2.62 bits per heavy atom. The molecule has 24 heavy (non-hydrogen) atoms. The molecular formula is C17H31N5O2. The van der Waals surface area contributed by atoms with E-state index in [0.717, 1.165) is 45.4 Å². The van der Waals surface area contributed by atoms with Crippen molar-refractivity contribution >= 4 is 5.97 Å². The van der Waals surface area contributed by atoms with Gasteiger partial charge in [-0.2, -0.15) is 0 Å². The molecule has 7 atom stereocenters. The summed E-state index contributed by atoms with van der Waals surface area (Å²) in [6.07, 6.45) is 4.23. The smallest absolute Gasteiger partial charge is 0.312 e. The summed E-state index contributed by atoms with van der Waals surface area (Å²) < 4.78 is 5.76. The van der Waals surface area contributed by atoms with Gasteiger partial charge in [-0.1, -0.05) is 13.8 Å². The van der Waals surface area contributed by atoms with Gasteiger partial charge < -0.3 is 10.1 Å². The van der Waals surface area contributed by atoms with Crippen molar-refractivity contribution in [1.29, 1.82) is 0 Å². The van der Waals surface area contributed by atoms with E-state index < -0.39 is 0 Å². The van der Waals surface area contributed by atoms with Crippen molar-refractivity contribution in [3.8, 4) is 0 Å². The number of rotatable bonds is 2. The summed E-state index contributed by atoms with van der Waals surface area (Å²) in [6.45, 7) is 7.64. The van der Waals surface area contributed by atoms with Crippen LogP contribution in [0.3, 0.4) is 0 Å². The summed E-state index contributed by atoms with van der Waals surface area (Å²) in [4.78, 5) is 14.9. The average Bonchev–Trinajstić information content (AvgIpc) is 3.11. The van der Waals surface area contributed by atoms with Crippen LogP contribution >= 0.6 is 0 Å². The Bertz CT molecular complexity index is 462. The standard InChI is InChI=1S/C17H31N5O2/c1-10-7-12-14(8-11(10)2)19-16(24-17(12)23)13-3-4-15(21-20-13)22-6-5-18-9-22/h10-16,18-21H,3-9H2,1-2H3. The van der Waals surface area contributed by atoms with Crippen LogP contribution in [0.4, 0.5) is 0 Å². The zero-order valence-electron chi connectivity index (χ0n) is 14.8. The number of cyclic esters (lactones) is 1. The Morgan fingerprint density at radius 1 is 1.08 bits per heavy atom. The number of nitrogens with one attached hydrogen (secondary N) is 4. The first kappa shape index (κ1) is 16.7. The highest BCUT2D eigenvalue weighted by Gasteiger charge is 2.45. The number of hydrazine groups is 1. The van der Waals surface area contributed by atoms with Crippen molar-refractivity contribution in [2.24, 2.45) is 17.8 Å². The highest BCUT2D eigenvalue weighted by Crippen LogP contribution is 2.37. The number of nitrogens with zero attached hydrogens (tertiary/aromatic N) is 1. The van der Waals surface area contributed by atoms with Crippen LogP contribution in [0.1, 0.15) is 39.5 Å². The van der Waals surface area contributed by atoms with Gasteiger partial charge in [-0.15, -0.1) is 0 Å². The van der Waals surface area contributed by atoms with E-state index in [1.54, 1.807) is 0 Å². The molecule has 0 bridgehead atoms. The molecule has 136 valence electrons. The van der Waals surface area contributed by atoms with Crippen molar-refractivity contribution in [3.63, 3.8) is 0 Å². The molecule has 0 spiro atoms. The number of ether oxygens (including phenoxy) is 1. The van der Waals surface area contributed by atoms with Crippen LogP contribution < -0.4 is 21.5 Å². The molecule has 1 aliphatic carbocycles. The molecule has 7 heteroatoms. The largest absolute Gasteiger partial charge is 0.445 e. The fraction of sp³-hybridized carbons (Fsp3) is 0.941. The summed E-state index contributed by atoms with van der Waals surface area (Å²) in [5.74, 6) is 1.29. The Balaban J connectivity index is 1.33. The minimum Gasteiger partial charge on any atom is -0.445 e. The highest BCUT2D eigenvalue weighted by atomic mass is 16.6. The minimum atomic E-state index is -0.218. The van der Waals surface area contributed by atoms with E-state index in [1.807, 2.05) is 0 Å². The third-order valence-electron chi connectivity index (χ3n) is 6.52. The molecule has 1 saturated carbocycles. The molecule has 4 N–H and O–H groups in total. The third kappa shape index (κ3) is 3.20. The molecule has 4 rings (SSSR count). The van der Waals surface area contributed by atoms with Gasteiger partial charge in [0, 0.05) is 25.8 Å². The Hall–Kier alpha value is -0.730. The van der Waals surface area contributed by atoms with E-state index in [0.29, 0.717) is 18.0 Å². The molecule has 0 aromatic rings. The van der Waals surface area contributed by atoms with Crippen LogP contribution in [0.2, 0.25) is 0 Å². The maximum Gasteiger partial charge on any atom is 0.312 e. The second-order valence-electron chi connectivity index (χ2n) is 8.12. The van der Waals surface area contributed by atoms with Crippen LogP contribution in [-0.2, 0) is 9.53 Å². The molecule has 3 heterocycles. The van der Waals surface area contributed by atoms with Gasteiger partial charge >= 0.3 is 5.97 Å². The van der Waals surface area contributed by atoms with E-state index in [9.17, 15) is 4.79 Å². The van der Waals surface area contributed by atoms with Crippen molar-refractivity contribution in [1.82, 2.24) is 26.4 Å². The SMILES string of the molecule is CC1CC2NC(C3CCC(N4CCNC4)NN3)OC(=O)C2CC1C. The fourth-order valence-corrected chi connectivity index (χ4v) is 4.67. The summed E-state index contributed by atoms with van der Waals surface area (Å²) >= 11 is 0. The van der Waals surface area contributed by atoms with Gasteiger partial charge in [-0.25, -0.2) is 10.9 Å². The summed E-state index contributed by atoms with van der Waals surface area (Å²) in [6, 6.07) is 0.404. The van der Waals surface area contributed by atoms with Gasteiger partial charge in [0.2, 0.25) is 0 Å². The molecule has 0 aromatic carbocycles. The number of esters is 1. The third-order valence-corrected chi connectivity index (χ3v) is 6.52. The number of fused-ring (bicyclic) bond motifs is 1. The molecule has 3 saturated heterocycles. The highest BCUT2D eigenvalue weighted by molar-refractivity contribution is 5.74. The van der Waals surface area contributed by atoms with Crippen LogP contribution in [0.25, 0.3) is 0 Å². The van der Waals surface area contributed by atoms with Crippen LogP contribution in [0, 0.1) is 17.8 Å². The number of carbonyl (C=O) groups is 1. The van der Waals surface area contributed by atoms with E-state index in [1.165, 1.54) is 0 Å². The maximum atomic E-state index is 12.5. The average molecular weight is 337 g/mol. The van der Waals surface area contributed by atoms with E-state index in [4.69, 9.17) is 4.74 Å². The first-order valence-electron chi connectivity index (χ1n) is 9.54. The van der Waals surface area contributed by atoms with Crippen LogP contribution in [-0.4, -0.2) is 55.1 Å². The lowest BCUT2D eigenvalue weighted by molar-refractivity contribution is -0.173. The first-order chi connectivity index (χ1) is 11.6. The lowest BCUT2D eigenvalue weighted by Crippen LogP contribution is -2.67. The summed E-state index contributed by atoms with van der Waals surface area (Å²) in [5, 5.41) is 6.98. The number of hydrogen-bond donors (Lipinski definition) is 4. The Labute approximate surface area is 144 Å². The maximum absolute atomic E-state index is 12.5. The number of carbonyl (C=O) groups excluding carboxylic acids is 1. The van der Waals surface area contributed by atoms with Gasteiger partial charge in [-0.05, 0) is 37.5 Å². The van der Waals surface area contributed by atoms with Crippen molar-refractivity contribution in [2.45, 2.75) is 64.0 Å². The normalized spacial score (nSPS) is 47.2. The predicted octanol–water partition coefficient (Wildman–Crippen LogP) is -0.0449. The number of hydrogen-bond acceptors (Lipinski definition) is 7. The zero-order chi connectivity index (χ0) is 16.7. The Morgan fingerprint density at radius 2 is 1.92 bits per heavy atom. The van der Waals surface area contributed by atoms with Crippen molar-refractivity contribution in [2.75, 3.05) is 19.8 Å². The van der Waals surface area contributed by atoms with Crippen LogP contribution in [0.5, 0.6) is 0 Å². The van der Waals surface area contributed by atoms with E-state index >= 15 is 0 Å². The van der Waals surface area contributed by atoms with Crippen LogP contribution in [0.15, 0.2) is 0 Å². The molecular weight excluding hydrogens is 306 g/mol. The molecule has 4 aliphatic rings. The van der Waals surface area contributed by atoms with Crippen molar-refractivity contribution in [3.05, 3.63) is 0 Å². The Kier molecular flexibility index (Phi) is 4.79. The molecule has 0 aromatic heterocycles. The van der Waals surface area contributed by atoms with E-state index in [2.05, 4.69) is 40.2 Å². The minimum absolute atomic E-state index is 0.00448. The molecule has 3 aliphatic heterocycles. The first-order valence-corrected chi connectivity index (χ1v) is 9.54. The molecule has 7 unspecified atom stereocenters. The predicted molar refractivity (Wildman–Crippen MR) is 90.5 cm³/mol. The van der Waals surface area contributed by atoms with Gasteiger partial charge in [0.15, 0.2) is 6.23 Å². The molecule has 0 amide bonds. The summed E-state index contributed by atoms with van der Waals surface area (Å²) in [5.41, 5.74) is 6.81. The van der Waals surface area contributed by atoms with Gasteiger partial charge in [-0.3, -0.25) is 15.0 Å². The lowest BCUT2D eigenvalue weighted by Gasteiger charge is -2.46. The quantitative estimate of drug-likeness (QED) is 0.527. The van der Waals surface area contributed by atoms with Gasteiger partial charge in [0.1, 0.15) is 0 Å². The lowest BCUT2D eigenvalue weighted by atomic mass is 9.72.